The number of aromatic nitrogens is 2. The predicted molar refractivity (Wildman–Crippen MR) is 126 cm³/mol. The van der Waals surface area contributed by atoms with Crippen LogP contribution in [0.2, 0.25) is 0 Å². The van der Waals surface area contributed by atoms with E-state index in [9.17, 15) is 14.4 Å². The Balaban J connectivity index is 1.79. The van der Waals surface area contributed by atoms with Gasteiger partial charge in [0.2, 0.25) is 5.91 Å². The molecule has 0 fully saturated rings. The molecule has 0 spiro atoms. The Morgan fingerprint density at radius 3 is 2.48 bits per heavy atom. The molecule has 0 radical (unpaired) electrons. The molecule has 7 heteroatoms. The van der Waals surface area contributed by atoms with Crippen molar-refractivity contribution in [2.24, 2.45) is 0 Å². The Bertz CT molecular complexity index is 1390. The normalized spacial score (nSPS) is 11.1. The first-order valence-corrected chi connectivity index (χ1v) is 11.0. The van der Waals surface area contributed by atoms with Crippen LogP contribution in [0.3, 0.4) is 0 Å². The highest BCUT2D eigenvalue weighted by Crippen LogP contribution is 2.18. The summed E-state index contributed by atoms with van der Waals surface area (Å²) >= 11 is 1.27. The standard InChI is InChI=1S/C24H23N3O3S/c1-4-17-6-5-7-18(13-17)25-21(28)14-26-20-8-9-31-22(20)23(29)27(24(26)30)19-11-15(2)10-16(3)12-19/h5-13H,4,14H2,1-3H3,(H,25,28). The highest BCUT2D eigenvalue weighted by atomic mass is 32.1. The molecule has 1 amide bonds. The molecule has 0 aliphatic heterocycles. The van der Waals surface area contributed by atoms with Crippen LogP contribution in [0.25, 0.3) is 15.9 Å². The Hall–Kier alpha value is -3.45. The highest BCUT2D eigenvalue weighted by Gasteiger charge is 2.18. The summed E-state index contributed by atoms with van der Waals surface area (Å²) < 4.78 is 2.97. The van der Waals surface area contributed by atoms with Crippen molar-refractivity contribution in [2.45, 2.75) is 33.7 Å². The topological polar surface area (TPSA) is 73.1 Å². The summed E-state index contributed by atoms with van der Waals surface area (Å²) in [5.41, 5.74) is 3.77. The fourth-order valence-corrected chi connectivity index (χ4v) is 4.58. The Morgan fingerprint density at radius 1 is 1.03 bits per heavy atom. The number of carbonyl (C=O) groups excluding carboxylic acids is 1. The third kappa shape index (κ3) is 4.09. The van der Waals surface area contributed by atoms with E-state index in [0.717, 1.165) is 27.7 Å². The van der Waals surface area contributed by atoms with Gasteiger partial charge >= 0.3 is 5.69 Å². The van der Waals surface area contributed by atoms with Gasteiger partial charge in [-0.3, -0.25) is 14.2 Å². The summed E-state index contributed by atoms with van der Waals surface area (Å²) in [6.45, 7) is 5.70. The molecule has 4 aromatic rings. The molecule has 158 valence electrons. The van der Waals surface area contributed by atoms with Gasteiger partial charge in [0, 0.05) is 5.69 Å². The zero-order valence-corrected chi connectivity index (χ0v) is 18.5. The van der Waals surface area contributed by atoms with Crippen LogP contribution in [0.1, 0.15) is 23.6 Å². The lowest BCUT2D eigenvalue weighted by Gasteiger charge is -2.13. The van der Waals surface area contributed by atoms with Crippen LogP contribution in [-0.2, 0) is 17.8 Å². The van der Waals surface area contributed by atoms with Crippen molar-refractivity contribution in [1.82, 2.24) is 9.13 Å². The van der Waals surface area contributed by atoms with Crippen molar-refractivity contribution in [1.29, 1.82) is 0 Å². The van der Waals surface area contributed by atoms with E-state index in [4.69, 9.17) is 0 Å². The maximum Gasteiger partial charge on any atom is 0.336 e. The molecule has 2 heterocycles. The monoisotopic (exact) mass is 433 g/mol. The minimum Gasteiger partial charge on any atom is -0.325 e. The number of rotatable bonds is 5. The number of amides is 1. The van der Waals surface area contributed by atoms with Crippen molar-refractivity contribution in [3.05, 3.63) is 91.4 Å². The molecule has 0 saturated heterocycles. The lowest BCUT2D eigenvalue weighted by atomic mass is 10.1. The SMILES string of the molecule is CCc1cccc(NC(=O)Cn2c(=O)n(-c3cc(C)cc(C)c3)c(=O)c3sccc32)c1. The molecule has 0 saturated carbocycles. The van der Waals surface area contributed by atoms with E-state index in [0.29, 0.717) is 21.6 Å². The van der Waals surface area contributed by atoms with Crippen molar-refractivity contribution in [3.8, 4) is 5.69 Å². The first kappa shape index (κ1) is 20.8. The first-order valence-electron chi connectivity index (χ1n) is 10.1. The summed E-state index contributed by atoms with van der Waals surface area (Å²) in [4.78, 5) is 39.2. The molecule has 0 aliphatic rings. The zero-order valence-electron chi connectivity index (χ0n) is 17.6. The quantitative estimate of drug-likeness (QED) is 0.516. The van der Waals surface area contributed by atoms with Crippen molar-refractivity contribution in [3.63, 3.8) is 0 Å². The van der Waals surface area contributed by atoms with Gasteiger partial charge in [0.15, 0.2) is 0 Å². The summed E-state index contributed by atoms with van der Waals surface area (Å²) in [6, 6.07) is 14.9. The average molecular weight is 434 g/mol. The van der Waals surface area contributed by atoms with E-state index in [-0.39, 0.29) is 18.0 Å². The average Bonchev–Trinajstić information content (AvgIpc) is 3.21. The van der Waals surface area contributed by atoms with Gasteiger partial charge in [-0.25, -0.2) is 9.36 Å². The van der Waals surface area contributed by atoms with Crippen LogP contribution in [0, 0.1) is 13.8 Å². The van der Waals surface area contributed by atoms with Gasteiger partial charge < -0.3 is 5.32 Å². The lowest BCUT2D eigenvalue weighted by Crippen LogP contribution is -2.40. The first-order chi connectivity index (χ1) is 14.9. The summed E-state index contributed by atoms with van der Waals surface area (Å²) in [5.74, 6) is -0.325. The van der Waals surface area contributed by atoms with Gasteiger partial charge in [-0.2, -0.15) is 0 Å². The van der Waals surface area contributed by atoms with Crippen molar-refractivity contribution < 1.29 is 4.79 Å². The van der Waals surface area contributed by atoms with E-state index in [1.165, 1.54) is 15.9 Å². The number of aryl methyl sites for hydroxylation is 3. The van der Waals surface area contributed by atoms with Gasteiger partial charge in [0.25, 0.3) is 5.56 Å². The van der Waals surface area contributed by atoms with Crippen LogP contribution < -0.4 is 16.6 Å². The molecule has 1 N–H and O–H groups in total. The highest BCUT2D eigenvalue weighted by molar-refractivity contribution is 7.17. The lowest BCUT2D eigenvalue weighted by molar-refractivity contribution is -0.116. The number of thiophene rings is 1. The third-order valence-electron chi connectivity index (χ3n) is 5.14. The van der Waals surface area contributed by atoms with Crippen LogP contribution in [-0.4, -0.2) is 15.0 Å². The number of hydrogen-bond acceptors (Lipinski definition) is 4. The van der Waals surface area contributed by atoms with Crippen molar-refractivity contribution >= 4 is 33.1 Å². The summed E-state index contributed by atoms with van der Waals surface area (Å²) in [5, 5.41) is 4.62. The van der Waals surface area contributed by atoms with E-state index >= 15 is 0 Å². The minimum absolute atomic E-state index is 0.187. The van der Waals surface area contributed by atoms with Gasteiger partial charge in [-0.05, 0) is 72.7 Å². The fourth-order valence-electron chi connectivity index (χ4n) is 3.76. The molecule has 0 bridgehead atoms. The maximum atomic E-state index is 13.4. The molecule has 2 aromatic heterocycles. The van der Waals surface area contributed by atoms with Crippen LogP contribution in [0.4, 0.5) is 5.69 Å². The van der Waals surface area contributed by atoms with Crippen LogP contribution in [0.5, 0.6) is 0 Å². The van der Waals surface area contributed by atoms with Gasteiger partial charge in [-0.15, -0.1) is 11.3 Å². The van der Waals surface area contributed by atoms with E-state index in [2.05, 4.69) is 5.32 Å². The Labute approximate surface area is 183 Å². The summed E-state index contributed by atoms with van der Waals surface area (Å²) in [7, 11) is 0. The number of nitrogens with zero attached hydrogens (tertiary/aromatic N) is 2. The van der Waals surface area contributed by atoms with Crippen molar-refractivity contribution in [2.75, 3.05) is 5.32 Å². The predicted octanol–water partition coefficient (Wildman–Crippen LogP) is 4.03. The van der Waals surface area contributed by atoms with Crippen LogP contribution >= 0.6 is 11.3 Å². The molecule has 0 atom stereocenters. The molecule has 2 aromatic carbocycles. The number of fused-ring (bicyclic) bond motifs is 1. The second-order valence-corrected chi connectivity index (χ2v) is 8.51. The fraction of sp³-hybridized carbons (Fsp3) is 0.208. The number of anilines is 1. The van der Waals surface area contributed by atoms with Gasteiger partial charge in [0.1, 0.15) is 11.2 Å². The molecule has 0 aliphatic carbocycles. The third-order valence-corrected chi connectivity index (χ3v) is 6.03. The van der Waals surface area contributed by atoms with E-state index < -0.39 is 5.69 Å². The summed E-state index contributed by atoms with van der Waals surface area (Å²) in [6.07, 6.45) is 0.861. The molecule has 31 heavy (non-hydrogen) atoms. The Kier molecular flexibility index (Phi) is 5.61. The second kappa shape index (κ2) is 8.35. The number of nitrogens with one attached hydrogen (secondary N) is 1. The van der Waals surface area contributed by atoms with Crippen LogP contribution in [0.15, 0.2) is 63.5 Å². The second-order valence-electron chi connectivity index (χ2n) is 7.59. The molecule has 6 nitrogen and oxygen atoms in total. The van der Waals surface area contributed by atoms with E-state index in [1.54, 1.807) is 23.6 Å². The molecular weight excluding hydrogens is 410 g/mol. The Morgan fingerprint density at radius 2 is 1.77 bits per heavy atom. The van der Waals surface area contributed by atoms with E-state index in [1.807, 2.05) is 51.1 Å². The molecule has 4 rings (SSSR count). The maximum absolute atomic E-state index is 13.4. The van der Waals surface area contributed by atoms with Gasteiger partial charge in [0.05, 0.1) is 11.2 Å². The molecular formula is C24H23N3O3S. The number of benzene rings is 2. The number of hydrogen-bond donors (Lipinski definition) is 1. The largest absolute Gasteiger partial charge is 0.336 e. The molecule has 0 unspecified atom stereocenters. The zero-order chi connectivity index (χ0) is 22.1. The van der Waals surface area contributed by atoms with Gasteiger partial charge in [-0.1, -0.05) is 25.1 Å². The smallest absolute Gasteiger partial charge is 0.325 e. The number of carbonyl (C=O) groups is 1. The minimum atomic E-state index is -0.529.